The van der Waals surface area contributed by atoms with Crippen LogP contribution >= 0.6 is 12.6 Å². The molecule has 0 aliphatic heterocycles. The van der Waals surface area contributed by atoms with Crippen molar-refractivity contribution in [2.45, 2.75) is 39.5 Å². The molecule has 0 amide bonds. The molecule has 4 heteroatoms. The molecule has 0 saturated heterocycles. The third-order valence-electron chi connectivity index (χ3n) is 3.48. The molecule has 0 spiro atoms. The van der Waals surface area contributed by atoms with Gasteiger partial charge in [0.25, 0.3) is 0 Å². The summed E-state index contributed by atoms with van der Waals surface area (Å²) in [5.41, 5.74) is 0.287. The number of nitrogens with zero attached hydrogens (tertiary/aromatic N) is 1. The minimum Gasteiger partial charge on any atom is -0.395 e. The number of hydrogen-bond donors (Lipinski definition) is 2. The lowest BCUT2D eigenvalue weighted by Crippen LogP contribution is -2.42. The average Bonchev–Trinajstić information content (AvgIpc) is 2.36. The van der Waals surface area contributed by atoms with Gasteiger partial charge in [-0.15, -0.1) is 0 Å². The van der Waals surface area contributed by atoms with Gasteiger partial charge in [-0.05, 0) is 24.0 Å². The lowest BCUT2D eigenvalue weighted by molar-refractivity contribution is 0.0896. The van der Waals surface area contributed by atoms with Gasteiger partial charge < -0.3 is 9.84 Å². The quantitative estimate of drug-likeness (QED) is 0.538. The van der Waals surface area contributed by atoms with Gasteiger partial charge in [-0.25, -0.2) is 0 Å². The third-order valence-corrected chi connectivity index (χ3v) is 4.15. The summed E-state index contributed by atoms with van der Waals surface area (Å²) in [6.07, 6.45) is 4.80. The lowest BCUT2D eigenvalue weighted by atomic mass is 9.80. The highest BCUT2D eigenvalue weighted by atomic mass is 32.1. The Balaban J connectivity index is 4.54. The number of aliphatic hydroxyl groups is 1. The Kier molecular flexibility index (Phi) is 11.2. The first-order valence-electron chi connectivity index (χ1n) is 7.11. The van der Waals surface area contributed by atoms with Gasteiger partial charge in [-0.2, -0.15) is 12.6 Å². The minimum atomic E-state index is 0.213. The molecular formula is C14H31NO2S. The summed E-state index contributed by atoms with van der Waals surface area (Å²) >= 11 is 4.58. The standard InChI is InChI=1S/C14H31NO2S/c1-4-6-14(13-18,7-5-2)12-15(8-10-16)9-11-17-3/h16,18H,4-13H2,1-3H3. The number of rotatable bonds is 12. The van der Waals surface area contributed by atoms with Gasteiger partial charge in [0.2, 0.25) is 0 Å². The zero-order chi connectivity index (χ0) is 13.9. The van der Waals surface area contributed by atoms with E-state index in [2.05, 4.69) is 31.4 Å². The van der Waals surface area contributed by atoms with Crippen LogP contribution in [0.1, 0.15) is 39.5 Å². The molecule has 0 heterocycles. The average molecular weight is 277 g/mol. The fraction of sp³-hybridized carbons (Fsp3) is 1.00. The Morgan fingerprint density at radius 2 is 1.78 bits per heavy atom. The first-order valence-corrected chi connectivity index (χ1v) is 7.74. The van der Waals surface area contributed by atoms with E-state index in [0.29, 0.717) is 0 Å². The van der Waals surface area contributed by atoms with Crippen LogP contribution in [-0.4, -0.2) is 55.7 Å². The van der Waals surface area contributed by atoms with Crippen LogP contribution < -0.4 is 0 Å². The Bertz CT molecular complexity index is 185. The van der Waals surface area contributed by atoms with E-state index < -0.39 is 0 Å². The molecule has 0 rings (SSSR count). The van der Waals surface area contributed by atoms with Crippen molar-refractivity contribution in [3.8, 4) is 0 Å². The van der Waals surface area contributed by atoms with Crippen molar-refractivity contribution in [3.05, 3.63) is 0 Å². The highest BCUT2D eigenvalue weighted by molar-refractivity contribution is 7.80. The highest BCUT2D eigenvalue weighted by Crippen LogP contribution is 2.32. The summed E-state index contributed by atoms with van der Waals surface area (Å²) in [4.78, 5) is 2.31. The van der Waals surface area contributed by atoms with Crippen LogP contribution in [0.25, 0.3) is 0 Å². The van der Waals surface area contributed by atoms with Gasteiger partial charge in [0.1, 0.15) is 0 Å². The summed E-state index contributed by atoms with van der Waals surface area (Å²) in [5, 5.41) is 9.16. The van der Waals surface area contributed by atoms with Crippen molar-refractivity contribution < 1.29 is 9.84 Å². The van der Waals surface area contributed by atoms with Crippen molar-refractivity contribution in [2.75, 3.05) is 45.7 Å². The van der Waals surface area contributed by atoms with Crippen LogP contribution in [0.15, 0.2) is 0 Å². The molecule has 18 heavy (non-hydrogen) atoms. The zero-order valence-corrected chi connectivity index (χ0v) is 13.2. The number of methoxy groups -OCH3 is 1. The molecule has 1 N–H and O–H groups in total. The molecule has 0 radical (unpaired) electrons. The molecule has 0 aromatic carbocycles. The summed E-state index contributed by atoms with van der Waals surface area (Å²) in [6.45, 7) is 8.04. The van der Waals surface area contributed by atoms with Crippen LogP contribution in [0.2, 0.25) is 0 Å². The van der Waals surface area contributed by atoms with Crippen molar-refractivity contribution in [1.82, 2.24) is 4.90 Å². The van der Waals surface area contributed by atoms with Crippen molar-refractivity contribution in [3.63, 3.8) is 0 Å². The lowest BCUT2D eigenvalue weighted by Gasteiger charge is -2.37. The van der Waals surface area contributed by atoms with Gasteiger partial charge in [0, 0.05) is 26.7 Å². The maximum absolute atomic E-state index is 9.16. The van der Waals surface area contributed by atoms with Crippen molar-refractivity contribution >= 4 is 12.6 Å². The van der Waals surface area contributed by atoms with E-state index in [4.69, 9.17) is 9.84 Å². The predicted molar refractivity (Wildman–Crippen MR) is 81.5 cm³/mol. The minimum absolute atomic E-state index is 0.213. The second kappa shape index (κ2) is 11.1. The van der Waals surface area contributed by atoms with E-state index in [1.165, 1.54) is 25.7 Å². The van der Waals surface area contributed by atoms with E-state index in [9.17, 15) is 0 Å². The van der Waals surface area contributed by atoms with Gasteiger partial charge in [-0.1, -0.05) is 26.7 Å². The largest absolute Gasteiger partial charge is 0.395 e. The molecule has 0 aliphatic rings. The molecule has 3 nitrogen and oxygen atoms in total. The molecule has 0 unspecified atom stereocenters. The summed E-state index contributed by atoms with van der Waals surface area (Å²) in [6, 6.07) is 0. The Labute approximate surface area is 118 Å². The number of aliphatic hydroxyl groups excluding tert-OH is 1. The molecule has 0 atom stereocenters. The van der Waals surface area contributed by atoms with E-state index in [1.807, 2.05) is 0 Å². The second-order valence-electron chi connectivity index (χ2n) is 5.15. The Morgan fingerprint density at radius 1 is 1.17 bits per heavy atom. The summed E-state index contributed by atoms with van der Waals surface area (Å²) in [7, 11) is 1.72. The molecule has 0 bridgehead atoms. The van der Waals surface area contributed by atoms with E-state index in [-0.39, 0.29) is 12.0 Å². The summed E-state index contributed by atoms with van der Waals surface area (Å²) in [5.74, 6) is 0.920. The SMILES string of the molecule is CCCC(CS)(CCC)CN(CCO)CCOC. The van der Waals surface area contributed by atoms with Gasteiger partial charge in [0.15, 0.2) is 0 Å². The van der Waals surface area contributed by atoms with Crippen molar-refractivity contribution in [2.24, 2.45) is 5.41 Å². The van der Waals surface area contributed by atoms with E-state index in [0.717, 1.165) is 32.0 Å². The van der Waals surface area contributed by atoms with Crippen LogP contribution in [0.3, 0.4) is 0 Å². The highest BCUT2D eigenvalue weighted by Gasteiger charge is 2.29. The molecule has 0 aromatic rings. The first kappa shape index (κ1) is 18.2. The number of thiol groups is 1. The van der Waals surface area contributed by atoms with E-state index in [1.54, 1.807) is 7.11 Å². The second-order valence-corrected chi connectivity index (χ2v) is 5.47. The molecular weight excluding hydrogens is 246 g/mol. The topological polar surface area (TPSA) is 32.7 Å². The maximum Gasteiger partial charge on any atom is 0.0589 e. The normalized spacial score (nSPS) is 12.3. The third kappa shape index (κ3) is 6.98. The van der Waals surface area contributed by atoms with Crippen molar-refractivity contribution in [1.29, 1.82) is 0 Å². The molecule has 110 valence electrons. The fourth-order valence-electron chi connectivity index (χ4n) is 2.66. The fourth-order valence-corrected chi connectivity index (χ4v) is 3.07. The van der Waals surface area contributed by atoms with Crippen LogP contribution in [-0.2, 0) is 4.74 Å². The van der Waals surface area contributed by atoms with Crippen LogP contribution in [0, 0.1) is 5.41 Å². The number of ether oxygens (including phenoxy) is 1. The number of hydrogen-bond acceptors (Lipinski definition) is 4. The Morgan fingerprint density at radius 3 is 2.17 bits per heavy atom. The van der Waals surface area contributed by atoms with Crippen LogP contribution in [0.5, 0.6) is 0 Å². The van der Waals surface area contributed by atoms with E-state index >= 15 is 0 Å². The van der Waals surface area contributed by atoms with Gasteiger partial charge >= 0.3 is 0 Å². The molecule has 0 saturated carbocycles. The van der Waals surface area contributed by atoms with Gasteiger partial charge in [-0.3, -0.25) is 4.90 Å². The first-order chi connectivity index (χ1) is 8.67. The monoisotopic (exact) mass is 277 g/mol. The molecule has 0 fully saturated rings. The van der Waals surface area contributed by atoms with Gasteiger partial charge in [0.05, 0.1) is 13.2 Å². The smallest absolute Gasteiger partial charge is 0.0589 e. The maximum atomic E-state index is 9.16. The zero-order valence-electron chi connectivity index (χ0n) is 12.3. The van der Waals surface area contributed by atoms with Crippen LogP contribution in [0.4, 0.5) is 0 Å². The summed E-state index contributed by atoms with van der Waals surface area (Å²) < 4.78 is 5.14. The molecule has 0 aromatic heterocycles. The Hall–Kier alpha value is 0.230. The molecule has 0 aliphatic carbocycles. The predicted octanol–water partition coefficient (Wildman–Crippen LogP) is 2.44.